The highest BCUT2D eigenvalue weighted by atomic mass is 28.4. The van der Waals surface area contributed by atoms with Crippen LogP contribution >= 0.6 is 0 Å². The fourth-order valence-corrected chi connectivity index (χ4v) is 39.5. The minimum absolute atomic E-state index is 0.852. The summed E-state index contributed by atoms with van der Waals surface area (Å²) in [5, 5.41) is 0. The van der Waals surface area contributed by atoms with Crippen molar-refractivity contribution >= 4 is 58.1 Å². The lowest BCUT2D eigenvalue weighted by Gasteiger charge is -2.47. The number of hydrogen-bond donors (Lipinski definition) is 0. The van der Waals surface area contributed by atoms with E-state index in [1.807, 2.05) is 0 Å². The molecular weight excluding hydrogens is 333 g/mol. The molecule has 0 aliphatic carbocycles. The molecule has 0 aromatic carbocycles. The summed E-state index contributed by atoms with van der Waals surface area (Å²) >= 11 is 0. The molecule has 0 aromatic heterocycles. The summed E-state index contributed by atoms with van der Waals surface area (Å²) in [5.41, 5.74) is 4.56. The summed E-state index contributed by atoms with van der Waals surface area (Å²) in [6, 6.07) is 0. The Morgan fingerprint density at radius 1 is 0.579 bits per heavy atom. The van der Waals surface area contributed by atoms with Gasteiger partial charge in [-0.2, -0.15) is 0 Å². The first-order valence-electron chi connectivity index (χ1n) is 7.58. The third kappa shape index (κ3) is 5.80. The van der Waals surface area contributed by atoms with Crippen molar-refractivity contribution in [2.24, 2.45) is 0 Å². The van der Waals surface area contributed by atoms with Gasteiger partial charge in [0.15, 0.2) is 27.4 Å². The van der Waals surface area contributed by atoms with Gasteiger partial charge in [0, 0.05) is 30.7 Å². The molecule has 0 aliphatic heterocycles. The van der Waals surface area contributed by atoms with E-state index in [2.05, 4.69) is 59.9 Å². The van der Waals surface area contributed by atoms with Crippen molar-refractivity contribution in [2.75, 3.05) is 42.3 Å². The summed E-state index contributed by atoms with van der Waals surface area (Å²) in [4.78, 5) is 0. The second-order valence-corrected chi connectivity index (χ2v) is 25.4. The van der Waals surface area contributed by atoms with Crippen LogP contribution in [-0.2, 0) is 0 Å². The first-order chi connectivity index (χ1) is 8.81. The third-order valence-electron chi connectivity index (χ3n) is 3.92. The van der Waals surface area contributed by atoms with Crippen molar-refractivity contribution in [3.63, 3.8) is 0 Å². The van der Waals surface area contributed by atoms with Gasteiger partial charge in [0.25, 0.3) is 0 Å². The van der Waals surface area contributed by atoms with Gasteiger partial charge >= 0.3 is 0 Å². The third-order valence-corrected chi connectivity index (χ3v) is 24.5. The predicted molar refractivity (Wildman–Crippen MR) is 109 cm³/mol. The average Bonchev–Trinajstić information content (AvgIpc) is 2.29. The molecule has 0 saturated carbocycles. The predicted octanol–water partition coefficient (Wildman–Crippen LogP) is -4.40. The van der Waals surface area contributed by atoms with Gasteiger partial charge in [-0.05, 0) is 59.3 Å². The van der Waals surface area contributed by atoms with Crippen LogP contribution < -0.4 is 0 Å². The van der Waals surface area contributed by atoms with Gasteiger partial charge in [0.1, 0.15) is 0 Å². The Kier molecular flexibility index (Phi) is 10.6. The summed E-state index contributed by atoms with van der Waals surface area (Å²) in [7, 11) is 15.6. The molecule has 116 valence electrons. The second kappa shape index (κ2) is 9.97. The van der Waals surface area contributed by atoms with Crippen molar-refractivity contribution in [3.05, 3.63) is 0 Å². The lowest BCUT2D eigenvalue weighted by Crippen LogP contribution is -2.69. The SMILES string of the molecule is CN(C)[SiH](C[SiH3])N([SiH](C[SiH3])N(C)C)[SiH](C[SiH3])N(C)C. The number of hydrogen-bond acceptors (Lipinski definition) is 4. The largest absolute Gasteiger partial charge is 0.339 e. The minimum atomic E-state index is -0.852. The molecule has 0 heterocycles. The maximum absolute atomic E-state index is 3.19. The lowest BCUT2D eigenvalue weighted by molar-refractivity contribution is 0.529. The molecule has 0 aromatic rings. The molecule has 10 heteroatoms. The highest BCUT2D eigenvalue weighted by molar-refractivity contribution is 6.88. The van der Waals surface area contributed by atoms with Crippen LogP contribution in [0.1, 0.15) is 0 Å². The molecule has 0 saturated heterocycles. The molecule has 0 aliphatic rings. The van der Waals surface area contributed by atoms with Crippen molar-refractivity contribution < 1.29 is 0 Å². The van der Waals surface area contributed by atoms with Crippen molar-refractivity contribution in [2.45, 2.75) is 17.0 Å². The molecule has 3 unspecified atom stereocenters. The second-order valence-electron chi connectivity index (χ2n) is 6.00. The fraction of sp³-hybridized carbons (Fsp3) is 1.00. The van der Waals surface area contributed by atoms with Crippen LogP contribution in [0.15, 0.2) is 0 Å². The number of rotatable bonds is 9. The molecule has 0 spiro atoms. The van der Waals surface area contributed by atoms with E-state index in [0.717, 1.165) is 0 Å². The summed E-state index contributed by atoms with van der Waals surface area (Å²) < 4.78 is 11.0. The maximum atomic E-state index is 3.19. The zero-order chi connectivity index (χ0) is 15.2. The van der Waals surface area contributed by atoms with E-state index < -0.39 is 27.4 Å². The highest BCUT2D eigenvalue weighted by Crippen LogP contribution is 2.14. The Morgan fingerprint density at radius 2 is 0.789 bits per heavy atom. The molecule has 0 bridgehead atoms. The Bertz CT molecular complexity index is 205. The van der Waals surface area contributed by atoms with E-state index in [1.54, 1.807) is 0 Å². The normalized spacial score (nSPS) is 18.0. The minimum Gasteiger partial charge on any atom is -0.339 e. The van der Waals surface area contributed by atoms with Crippen LogP contribution in [0.4, 0.5) is 0 Å². The van der Waals surface area contributed by atoms with Gasteiger partial charge in [-0.1, -0.05) is 0 Å². The first kappa shape index (κ1) is 20.1. The lowest BCUT2D eigenvalue weighted by atomic mass is 11.3. The fourth-order valence-electron chi connectivity index (χ4n) is 3.12. The highest BCUT2D eigenvalue weighted by Gasteiger charge is 2.36. The zero-order valence-electron chi connectivity index (χ0n) is 14.6. The quantitative estimate of drug-likeness (QED) is 0.381. The molecule has 0 rings (SSSR count). The molecule has 0 N–H and O–H groups in total. The van der Waals surface area contributed by atoms with Crippen molar-refractivity contribution in [1.82, 2.24) is 17.6 Å². The van der Waals surface area contributed by atoms with Gasteiger partial charge in [-0.3, -0.25) is 0 Å². The molecule has 4 nitrogen and oxygen atoms in total. The van der Waals surface area contributed by atoms with Crippen molar-refractivity contribution in [3.8, 4) is 0 Å². The zero-order valence-corrected chi connectivity index (χ0v) is 24.1. The summed E-state index contributed by atoms with van der Waals surface area (Å²) in [6.07, 6.45) is 0. The number of nitrogens with zero attached hydrogens (tertiary/aromatic N) is 4. The molecular formula is C9H36N4Si6. The van der Waals surface area contributed by atoms with Crippen LogP contribution in [-0.4, -0.2) is 118 Å². The van der Waals surface area contributed by atoms with Crippen LogP contribution in [0.5, 0.6) is 0 Å². The Hall–Kier alpha value is 1.14. The van der Waals surface area contributed by atoms with E-state index in [0.29, 0.717) is 0 Å². The van der Waals surface area contributed by atoms with E-state index in [4.69, 9.17) is 0 Å². The summed E-state index contributed by atoms with van der Waals surface area (Å²) in [6.45, 7) is 0. The van der Waals surface area contributed by atoms with Crippen LogP contribution in [0.25, 0.3) is 0 Å². The molecule has 0 fully saturated rings. The van der Waals surface area contributed by atoms with Crippen LogP contribution in [0.2, 0.25) is 17.0 Å². The molecule has 0 amide bonds. The summed E-state index contributed by atoms with van der Waals surface area (Å²) in [5.74, 6) is 0. The monoisotopic (exact) mass is 368 g/mol. The molecule has 3 atom stereocenters. The van der Waals surface area contributed by atoms with Gasteiger partial charge < -0.3 is 17.6 Å². The topological polar surface area (TPSA) is 13.0 Å². The van der Waals surface area contributed by atoms with Gasteiger partial charge in [0.05, 0.1) is 0 Å². The van der Waals surface area contributed by atoms with E-state index in [9.17, 15) is 0 Å². The standard InChI is InChI=1S/C9H36N4Si6/c1-10(2)17(7-14)13(18(8-15)11(3)4)19(9-16)12(5)6/h17-19H,7-9H2,1-6,14-16H3. The van der Waals surface area contributed by atoms with E-state index >= 15 is 0 Å². The van der Waals surface area contributed by atoms with Gasteiger partial charge in [-0.25, -0.2) is 0 Å². The Morgan fingerprint density at radius 3 is 0.895 bits per heavy atom. The van der Waals surface area contributed by atoms with Crippen LogP contribution in [0, 0.1) is 0 Å². The smallest absolute Gasteiger partial charge is 0.174 e. The average molecular weight is 369 g/mol. The van der Waals surface area contributed by atoms with Crippen molar-refractivity contribution in [1.29, 1.82) is 0 Å². The maximum Gasteiger partial charge on any atom is 0.174 e. The van der Waals surface area contributed by atoms with E-state index in [-0.39, 0.29) is 0 Å². The molecule has 0 radical (unpaired) electrons. The van der Waals surface area contributed by atoms with Gasteiger partial charge in [0.2, 0.25) is 0 Å². The Balaban J connectivity index is 5.43. The van der Waals surface area contributed by atoms with E-state index in [1.165, 1.54) is 47.7 Å². The molecule has 19 heavy (non-hydrogen) atoms. The Labute approximate surface area is 135 Å². The first-order valence-corrected chi connectivity index (χ1v) is 17.4. The van der Waals surface area contributed by atoms with Gasteiger partial charge in [-0.15, -0.1) is 0 Å². The van der Waals surface area contributed by atoms with Crippen LogP contribution in [0.3, 0.4) is 0 Å².